The second kappa shape index (κ2) is 8.88. The Kier molecular flexibility index (Phi) is 5.28. The van der Waals surface area contributed by atoms with Crippen molar-refractivity contribution < 1.29 is 19.3 Å². The Labute approximate surface area is 228 Å². The van der Waals surface area contributed by atoms with Crippen molar-refractivity contribution in [2.75, 3.05) is 15.1 Å². The molecule has 4 aromatic carbocycles. The smallest absolute Gasteiger partial charge is 0.269 e. The first-order valence-electron chi connectivity index (χ1n) is 12.9. The Morgan fingerprint density at radius 1 is 0.800 bits per heavy atom. The fourth-order valence-electron chi connectivity index (χ4n) is 6.34. The minimum Gasteiger partial charge on any atom is -0.351 e. The van der Waals surface area contributed by atoms with Gasteiger partial charge in [0.1, 0.15) is 6.04 Å². The van der Waals surface area contributed by atoms with Gasteiger partial charge in [-0.15, -0.1) is 0 Å². The monoisotopic (exact) mass is 530 g/mol. The largest absolute Gasteiger partial charge is 0.351 e. The van der Waals surface area contributed by atoms with E-state index in [0.717, 1.165) is 22.0 Å². The number of nitrogens with one attached hydrogen (secondary N) is 1. The highest BCUT2D eigenvalue weighted by atomic mass is 16.6. The number of hydrogen-bond acceptors (Lipinski definition) is 6. The molecule has 4 aromatic rings. The predicted molar refractivity (Wildman–Crippen MR) is 151 cm³/mol. The summed E-state index contributed by atoms with van der Waals surface area (Å²) in [6.07, 6.45) is 3.83. The normalized spacial score (nSPS) is 22.7. The second-order valence-electron chi connectivity index (χ2n) is 10.1. The summed E-state index contributed by atoms with van der Waals surface area (Å²) in [5, 5.41) is 15.6. The maximum absolute atomic E-state index is 14.2. The molecule has 3 aliphatic rings. The van der Waals surface area contributed by atoms with Crippen molar-refractivity contribution in [2.24, 2.45) is 11.8 Å². The highest BCUT2D eigenvalue weighted by molar-refractivity contribution is 6.27. The molecular weight excluding hydrogens is 508 g/mol. The highest BCUT2D eigenvalue weighted by Gasteiger charge is 2.64. The van der Waals surface area contributed by atoms with Crippen LogP contribution in [-0.2, 0) is 14.4 Å². The lowest BCUT2D eigenvalue weighted by atomic mass is 9.88. The Bertz CT molecular complexity index is 1760. The molecule has 2 saturated heterocycles. The maximum atomic E-state index is 14.2. The fraction of sp³-hybridized carbons (Fsp3) is 0.129. The van der Waals surface area contributed by atoms with Crippen LogP contribution in [0, 0.1) is 22.0 Å². The number of carbonyl (C=O) groups excluding carboxylic acids is 3. The number of non-ortho nitro benzene ring substituents is 1. The van der Waals surface area contributed by atoms with Crippen LogP contribution in [-0.4, -0.2) is 34.7 Å². The van der Waals surface area contributed by atoms with Gasteiger partial charge < -0.3 is 10.2 Å². The van der Waals surface area contributed by atoms with Crippen molar-refractivity contribution in [1.82, 2.24) is 0 Å². The molecule has 3 aliphatic heterocycles. The van der Waals surface area contributed by atoms with E-state index in [9.17, 15) is 24.5 Å². The van der Waals surface area contributed by atoms with Crippen LogP contribution in [0.25, 0.3) is 16.8 Å². The van der Waals surface area contributed by atoms with Crippen molar-refractivity contribution in [3.05, 3.63) is 113 Å². The van der Waals surface area contributed by atoms with Crippen LogP contribution < -0.4 is 15.1 Å². The van der Waals surface area contributed by atoms with Gasteiger partial charge in [0.25, 0.3) is 5.69 Å². The van der Waals surface area contributed by atoms with Crippen LogP contribution in [0.2, 0.25) is 0 Å². The van der Waals surface area contributed by atoms with E-state index in [-0.39, 0.29) is 11.6 Å². The van der Waals surface area contributed by atoms with E-state index < -0.39 is 40.7 Å². The SMILES string of the molecule is O=C(Nc1ccc([N+](=O)[O-])cc1)[C@H]1[C@H]2C(=O)N(c3cccc4ccccc34)C(=O)[C@H]2[C@@H]2C=Cc3ccccc3N21. The minimum atomic E-state index is -0.979. The molecule has 9 nitrogen and oxygen atoms in total. The zero-order chi connectivity index (χ0) is 27.5. The molecule has 196 valence electrons. The van der Waals surface area contributed by atoms with Gasteiger partial charge in [-0.05, 0) is 35.2 Å². The number of anilines is 3. The quantitative estimate of drug-likeness (QED) is 0.231. The highest BCUT2D eigenvalue weighted by Crippen LogP contribution is 2.50. The summed E-state index contributed by atoms with van der Waals surface area (Å²) in [7, 11) is 0. The third-order valence-corrected chi connectivity index (χ3v) is 8.04. The van der Waals surface area contributed by atoms with E-state index >= 15 is 0 Å². The molecule has 0 saturated carbocycles. The number of imide groups is 1. The van der Waals surface area contributed by atoms with E-state index in [1.807, 2.05) is 77.7 Å². The van der Waals surface area contributed by atoms with E-state index in [2.05, 4.69) is 5.32 Å². The number of benzene rings is 4. The number of hydrogen-bond donors (Lipinski definition) is 1. The Balaban J connectivity index is 1.32. The molecule has 40 heavy (non-hydrogen) atoms. The first kappa shape index (κ1) is 23.8. The minimum absolute atomic E-state index is 0.101. The Morgan fingerprint density at radius 2 is 1.48 bits per heavy atom. The van der Waals surface area contributed by atoms with Crippen LogP contribution in [0.5, 0.6) is 0 Å². The summed E-state index contributed by atoms with van der Waals surface area (Å²) < 4.78 is 0. The molecule has 0 bridgehead atoms. The van der Waals surface area contributed by atoms with Gasteiger partial charge in [0, 0.05) is 28.9 Å². The first-order valence-corrected chi connectivity index (χ1v) is 12.9. The van der Waals surface area contributed by atoms with Gasteiger partial charge in [-0.2, -0.15) is 0 Å². The van der Waals surface area contributed by atoms with Crippen molar-refractivity contribution in [3.8, 4) is 0 Å². The van der Waals surface area contributed by atoms with E-state index in [1.54, 1.807) is 6.07 Å². The van der Waals surface area contributed by atoms with Crippen LogP contribution in [0.3, 0.4) is 0 Å². The van der Waals surface area contributed by atoms with Crippen LogP contribution in [0.4, 0.5) is 22.7 Å². The number of nitro benzene ring substituents is 1. The first-order chi connectivity index (χ1) is 19.4. The summed E-state index contributed by atoms with van der Waals surface area (Å²) in [4.78, 5) is 55.9. The van der Waals surface area contributed by atoms with Gasteiger partial charge in [-0.3, -0.25) is 24.5 Å². The molecule has 4 atom stereocenters. The van der Waals surface area contributed by atoms with Crippen molar-refractivity contribution in [2.45, 2.75) is 12.1 Å². The summed E-state index contributed by atoms with van der Waals surface area (Å²) in [6.45, 7) is 0. The van der Waals surface area contributed by atoms with E-state index in [4.69, 9.17) is 0 Å². The van der Waals surface area contributed by atoms with Gasteiger partial charge in [0.2, 0.25) is 17.7 Å². The third kappa shape index (κ3) is 3.44. The molecule has 7 rings (SSSR count). The number of nitro groups is 1. The Morgan fingerprint density at radius 3 is 2.27 bits per heavy atom. The topological polar surface area (TPSA) is 113 Å². The van der Waals surface area contributed by atoms with Crippen molar-refractivity contribution >= 4 is 57.3 Å². The average molecular weight is 531 g/mol. The van der Waals surface area contributed by atoms with Crippen molar-refractivity contribution in [1.29, 1.82) is 0 Å². The van der Waals surface area contributed by atoms with Gasteiger partial charge in [0.05, 0.1) is 28.5 Å². The molecule has 0 spiro atoms. The summed E-state index contributed by atoms with van der Waals surface area (Å²) in [6, 6.07) is 24.7. The van der Waals surface area contributed by atoms with Gasteiger partial charge in [-0.1, -0.05) is 66.7 Å². The summed E-state index contributed by atoms with van der Waals surface area (Å²) in [5.41, 5.74) is 2.42. The zero-order valence-electron chi connectivity index (χ0n) is 21.0. The number of para-hydroxylation sites is 1. The summed E-state index contributed by atoms with van der Waals surface area (Å²) >= 11 is 0. The van der Waals surface area contributed by atoms with Gasteiger partial charge >= 0.3 is 0 Å². The predicted octanol–water partition coefficient (Wildman–Crippen LogP) is 4.78. The second-order valence-corrected chi connectivity index (χ2v) is 10.1. The van der Waals surface area contributed by atoms with E-state index in [0.29, 0.717) is 11.4 Å². The average Bonchev–Trinajstić information content (AvgIpc) is 3.45. The van der Waals surface area contributed by atoms with Crippen molar-refractivity contribution in [3.63, 3.8) is 0 Å². The fourth-order valence-corrected chi connectivity index (χ4v) is 6.34. The number of amides is 3. The lowest BCUT2D eigenvalue weighted by Crippen LogP contribution is -2.50. The molecule has 9 heteroatoms. The van der Waals surface area contributed by atoms with E-state index in [1.165, 1.54) is 29.2 Å². The molecule has 0 unspecified atom stereocenters. The lowest BCUT2D eigenvalue weighted by Gasteiger charge is -2.36. The molecule has 3 amide bonds. The summed E-state index contributed by atoms with van der Waals surface area (Å²) in [5.74, 6) is -2.90. The van der Waals surface area contributed by atoms with Crippen LogP contribution in [0.1, 0.15) is 5.56 Å². The molecular formula is C31H22N4O5. The van der Waals surface area contributed by atoms with Gasteiger partial charge in [0.15, 0.2) is 0 Å². The standard InChI is InChI=1S/C31H22N4O5/c36-29(32-20-13-15-21(16-14-20)35(39)40)28-27-26(25-17-12-19-7-2-4-10-23(19)33(25)28)30(37)34(31(27)38)24-11-5-8-18-6-1-3-9-22(18)24/h1-17,25-28H,(H,32,36)/t25-,26-,27-,28+/m0/s1. The lowest BCUT2D eigenvalue weighted by molar-refractivity contribution is -0.384. The number of fused-ring (bicyclic) bond motifs is 6. The number of rotatable bonds is 4. The molecule has 1 N–H and O–H groups in total. The molecule has 2 fully saturated rings. The molecule has 0 aromatic heterocycles. The molecule has 0 radical (unpaired) electrons. The zero-order valence-corrected chi connectivity index (χ0v) is 21.0. The molecule has 3 heterocycles. The maximum Gasteiger partial charge on any atom is 0.269 e. The molecule has 0 aliphatic carbocycles. The number of carbonyl (C=O) groups is 3. The van der Waals surface area contributed by atoms with Crippen LogP contribution >= 0.6 is 0 Å². The van der Waals surface area contributed by atoms with Gasteiger partial charge in [-0.25, -0.2) is 4.90 Å². The third-order valence-electron chi connectivity index (χ3n) is 8.04. The van der Waals surface area contributed by atoms with Crippen LogP contribution in [0.15, 0.2) is 97.1 Å². The Hall–Kier alpha value is -5.31. The number of nitrogens with zero attached hydrogens (tertiary/aromatic N) is 3.